The summed E-state index contributed by atoms with van der Waals surface area (Å²) < 4.78 is 16.5. The zero-order valence-corrected chi connectivity index (χ0v) is 21.8. The van der Waals surface area contributed by atoms with Crippen molar-refractivity contribution in [3.63, 3.8) is 0 Å². The molecule has 0 aromatic heterocycles. The van der Waals surface area contributed by atoms with Crippen LogP contribution in [0.2, 0.25) is 0 Å². The highest BCUT2D eigenvalue weighted by atomic mass is 16.7. The lowest BCUT2D eigenvalue weighted by Gasteiger charge is -2.38. The van der Waals surface area contributed by atoms with E-state index in [0.29, 0.717) is 23.7 Å². The summed E-state index contributed by atoms with van der Waals surface area (Å²) in [4.78, 5) is 26.9. The highest BCUT2D eigenvalue weighted by molar-refractivity contribution is 6.02. The first-order valence-electron chi connectivity index (χ1n) is 13.4. The Morgan fingerprint density at radius 2 is 1.74 bits per heavy atom. The van der Waals surface area contributed by atoms with Crippen LogP contribution >= 0.6 is 0 Å². The van der Waals surface area contributed by atoms with Crippen molar-refractivity contribution in [1.29, 1.82) is 0 Å². The van der Waals surface area contributed by atoms with Crippen molar-refractivity contribution in [2.45, 2.75) is 68.9 Å². The number of methoxy groups -OCH3 is 1. The largest absolute Gasteiger partial charge is 0.493 e. The smallest absolute Gasteiger partial charge is 0.335 e. The second-order valence-corrected chi connectivity index (χ2v) is 10.7. The van der Waals surface area contributed by atoms with Gasteiger partial charge in [-0.2, -0.15) is 0 Å². The maximum Gasteiger partial charge on any atom is 0.335 e. The Balaban J connectivity index is 1.26. The topological polar surface area (TPSA) is 146 Å². The van der Waals surface area contributed by atoms with Crippen LogP contribution in [0.15, 0.2) is 42.5 Å². The lowest BCUT2D eigenvalue weighted by molar-refractivity contribution is -0.271. The number of fused-ring (bicyclic) bond motifs is 1. The summed E-state index contributed by atoms with van der Waals surface area (Å²) in [7, 11) is 1.44. The fourth-order valence-electron chi connectivity index (χ4n) is 5.96. The average molecular weight is 542 g/mol. The molecule has 6 atom stereocenters. The Morgan fingerprint density at radius 3 is 2.41 bits per heavy atom. The number of carboxylic acid groups (broad SMARTS) is 1. The minimum Gasteiger partial charge on any atom is -0.493 e. The third kappa shape index (κ3) is 5.80. The van der Waals surface area contributed by atoms with Crippen molar-refractivity contribution >= 4 is 11.8 Å². The number of carboxylic acids is 1. The third-order valence-corrected chi connectivity index (χ3v) is 8.14. The summed E-state index contributed by atoms with van der Waals surface area (Å²) in [5.41, 5.74) is 2.70. The van der Waals surface area contributed by atoms with E-state index in [9.17, 15) is 30.0 Å². The molecule has 6 unspecified atom stereocenters. The van der Waals surface area contributed by atoms with Gasteiger partial charge in [-0.25, -0.2) is 4.79 Å². The number of aliphatic hydroxyl groups is 3. The van der Waals surface area contributed by atoms with Crippen LogP contribution in [0.4, 0.5) is 0 Å². The fraction of sp³-hybridized carbons (Fsp3) is 0.517. The highest BCUT2D eigenvalue weighted by Gasteiger charge is 2.48. The van der Waals surface area contributed by atoms with E-state index < -0.39 is 36.7 Å². The molecule has 10 nitrogen and oxygen atoms in total. The molecule has 10 heteroatoms. The van der Waals surface area contributed by atoms with Crippen LogP contribution in [-0.2, 0) is 16.1 Å². The maximum absolute atomic E-state index is 13.0. The van der Waals surface area contributed by atoms with Gasteiger partial charge < -0.3 is 34.6 Å². The molecule has 5 rings (SSSR count). The Labute approximate surface area is 226 Å². The van der Waals surface area contributed by atoms with Gasteiger partial charge >= 0.3 is 5.97 Å². The number of Topliss-reactive ketones (excluding diaryl/α,β-unsaturated/α-hetero) is 1. The van der Waals surface area contributed by atoms with Crippen LogP contribution in [0.3, 0.4) is 0 Å². The standard InChI is InChI=1S/C29H35NO9/c1-37-22-13-19-18(11-16-7-9-30(10-8-16)15-17-5-3-2-4-6-17)12-21(31)20(19)14-23(22)38-29-26(34)24(32)25(33)27(39-29)28(35)36/h2-6,13-14,16,18,24-27,29,32-34H,7-12,15H2,1H3,(H,35,36). The number of ether oxygens (including phenoxy) is 3. The van der Waals surface area contributed by atoms with E-state index in [1.54, 1.807) is 6.07 Å². The number of carbonyl (C=O) groups excluding carboxylic acids is 1. The molecular formula is C29H35NO9. The molecular weight excluding hydrogens is 506 g/mol. The van der Waals surface area contributed by atoms with Crippen LogP contribution in [0.5, 0.6) is 11.5 Å². The average Bonchev–Trinajstić information content (AvgIpc) is 3.23. The quantitative estimate of drug-likeness (QED) is 0.391. The number of ketones is 1. The zero-order chi connectivity index (χ0) is 27.7. The van der Waals surface area contributed by atoms with E-state index in [4.69, 9.17) is 14.2 Å². The minimum atomic E-state index is -1.83. The van der Waals surface area contributed by atoms with Crippen LogP contribution < -0.4 is 9.47 Å². The Bertz CT molecular complexity index is 1180. The van der Waals surface area contributed by atoms with E-state index in [2.05, 4.69) is 29.2 Å². The number of piperidine rings is 1. The molecule has 4 N–H and O–H groups in total. The van der Waals surface area contributed by atoms with Gasteiger partial charge in [-0.15, -0.1) is 0 Å². The predicted molar refractivity (Wildman–Crippen MR) is 139 cm³/mol. The number of rotatable bonds is 8. The Kier molecular flexibility index (Phi) is 8.20. The van der Waals surface area contributed by atoms with Gasteiger partial charge in [0.25, 0.3) is 0 Å². The molecule has 2 aliphatic heterocycles. The van der Waals surface area contributed by atoms with Crippen molar-refractivity contribution in [2.24, 2.45) is 5.92 Å². The van der Waals surface area contributed by atoms with Gasteiger partial charge in [0.2, 0.25) is 6.29 Å². The number of nitrogens with zero attached hydrogens (tertiary/aromatic N) is 1. The molecule has 2 heterocycles. The predicted octanol–water partition coefficient (Wildman–Crippen LogP) is 1.94. The molecule has 0 radical (unpaired) electrons. The first kappa shape index (κ1) is 27.5. The number of hydrogen-bond donors (Lipinski definition) is 4. The zero-order valence-electron chi connectivity index (χ0n) is 21.8. The molecule has 0 amide bonds. The van der Waals surface area contributed by atoms with Crippen molar-refractivity contribution in [3.8, 4) is 11.5 Å². The van der Waals surface area contributed by atoms with Crippen molar-refractivity contribution in [2.75, 3.05) is 20.2 Å². The molecule has 3 aliphatic rings. The summed E-state index contributed by atoms with van der Waals surface area (Å²) in [5.74, 6) is -0.578. The number of likely N-dealkylation sites (tertiary alicyclic amines) is 1. The fourth-order valence-corrected chi connectivity index (χ4v) is 5.96. The number of hydrogen-bond acceptors (Lipinski definition) is 9. The van der Waals surface area contributed by atoms with E-state index >= 15 is 0 Å². The van der Waals surface area contributed by atoms with Gasteiger partial charge in [-0.1, -0.05) is 30.3 Å². The van der Waals surface area contributed by atoms with Gasteiger partial charge in [-0.05, 0) is 67.4 Å². The third-order valence-electron chi connectivity index (χ3n) is 8.14. The summed E-state index contributed by atoms with van der Waals surface area (Å²) >= 11 is 0. The van der Waals surface area contributed by atoms with Crippen molar-refractivity contribution in [1.82, 2.24) is 4.90 Å². The van der Waals surface area contributed by atoms with E-state index in [1.807, 2.05) is 6.07 Å². The molecule has 0 spiro atoms. The Morgan fingerprint density at radius 1 is 1.03 bits per heavy atom. The molecule has 39 heavy (non-hydrogen) atoms. The monoisotopic (exact) mass is 541 g/mol. The maximum atomic E-state index is 13.0. The van der Waals surface area contributed by atoms with Gasteiger partial charge in [0.1, 0.15) is 18.3 Å². The van der Waals surface area contributed by atoms with Crippen molar-refractivity contribution < 1.29 is 44.2 Å². The van der Waals surface area contributed by atoms with Crippen LogP contribution in [0.1, 0.15) is 53.1 Å². The minimum absolute atomic E-state index is 0.0204. The number of carbonyl (C=O) groups is 2. The molecule has 2 fully saturated rings. The Hall–Kier alpha value is -3.02. The number of aliphatic carboxylic acids is 1. The lowest BCUT2D eigenvalue weighted by Crippen LogP contribution is -2.61. The van der Waals surface area contributed by atoms with E-state index in [0.717, 1.165) is 44.5 Å². The molecule has 2 aromatic rings. The SMILES string of the molecule is COc1cc2c(cc1OC1OC(C(=O)O)C(O)C(O)C1O)C(=O)CC2CC1CCN(Cc2ccccc2)CC1. The molecule has 2 aromatic carbocycles. The summed E-state index contributed by atoms with van der Waals surface area (Å²) in [6, 6.07) is 13.7. The van der Waals surface area contributed by atoms with Gasteiger partial charge in [-0.3, -0.25) is 9.69 Å². The number of aliphatic hydroxyl groups excluding tert-OH is 3. The molecule has 0 bridgehead atoms. The lowest BCUT2D eigenvalue weighted by atomic mass is 9.84. The highest BCUT2D eigenvalue weighted by Crippen LogP contribution is 2.44. The van der Waals surface area contributed by atoms with Crippen LogP contribution in [-0.4, -0.2) is 88.0 Å². The normalized spacial score (nSPS) is 29.7. The molecule has 2 saturated heterocycles. The summed E-state index contributed by atoms with van der Waals surface area (Å²) in [6.07, 6.45) is -5.30. The van der Waals surface area contributed by atoms with Gasteiger partial charge in [0.15, 0.2) is 23.4 Å². The summed E-state index contributed by atoms with van der Waals surface area (Å²) in [6.45, 7) is 2.98. The van der Waals surface area contributed by atoms with Crippen molar-refractivity contribution in [3.05, 3.63) is 59.2 Å². The molecule has 210 valence electrons. The van der Waals surface area contributed by atoms with Crippen LogP contribution in [0.25, 0.3) is 0 Å². The number of benzene rings is 2. The molecule has 1 aliphatic carbocycles. The summed E-state index contributed by atoms with van der Waals surface area (Å²) in [5, 5.41) is 39.7. The van der Waals surface area contributed by atoms with E-state index in [1.165, 1.54) is 18.7 Å². The van der Waals surface area contributed by atoms with Gasteiger partial charge in [0, 0.05) is 18.5 Å². The first-order chi connectivity index (χ1) is 18.7. The first-order valence-corrected chi connectivity index (χ1v) is 13.4. The molecule has 0 saturated carbocycles. The van der Waals surface area contributed by atoms with E-state index in [-0.39, 0.29) is 17.5 Å². The van der Waals surface area contributed by atoms with Crippen LogP contribution in [0, 0.1) is 5.92 Å². The second-order valence-electron chi connectivity index (χ2n) is 10.7. The van der Waals surface area contributed by atoms with Gasteiger partial charge in [0.05, 0.1) is 7.11 Å². The second kappa shape index (κ2) is 11.6.